The van der Waals surface area contributed by atoms with E-state index < -0.39 is 6.10 Å². The molecule has 0 bridgehead atoms. The second-order valence-corrected chi connectivity index (χ2v) is 5.67. The molecule has 2 aliphatic rings. The lowest BCUT2D eigenvalue weighted by atomic mass is 10.0. The maximum atomic E-state index is 10.5. The number of β-amino-alcohol motifs (C(OH)–C–C–N with tert-alkyl or cyclic N) is 1. The van der Waals surface area contributed by atoms with Gasteiger partial charge in [0.15, 0.2) is 5.79 Å². The van der Waals surface area contributed by atoms with Crippen LogP contribution in [0.3, 0.4) is 0 Å². The number of hydrogen-bond acceptors (Lipinski definition) is 5. The Morgan fingerprint density at radius 3 is 2.57 bits per heavy atom. The molecule has 1 atom stereocenters. The van der Waals surface area contributed by atoms with Crippen molar-refractivity contribution < 1.29 is 19.3 Å². The van der Waals surface area contributed by atoms with Crippen LogP contribution in [-0.2, 0) is 9.47 Å². The summed E-state index contributed by atoms with van der Waals surface area (Å²) in [7, 11) is 1.63. The Balaban J connectivity index is 1.57. The summed E-state index contributed by atoms with van der Waals surface area (Å²) in [5.74, 6) is 0.382. The van der Waals surface area contributed by atoms with Crippen LogP contribution in [0.15, 0.2) is 24.3 Å². The van der Waals surface area contributed by atoms with E-state index in [4.69, 9.17) is 14.2 Å². The molecule has 0 aromatic heterocycles. The van der Waals surface area contributed by atoms with E-state index in [1.165, 1.54) is 0 Å². The normalized spacial score (nSPS) is 23.3. The zero-order valence-electron chi connectivity index (χ0n) is 12.5. The summed E-state index contributed by atoms with van der Waals surface area (Å²) < 4.78 is 16.8. The summed E-state index contributed by atoms with van der Waals surface area (Å²) in [5.41, 5.74) is 0.841. The van der Waals surface area contributed by atoms with Gasteiger partial charge in [-0.1, -0.05) is 18.2 Å². The first-order valence-electron chi connectivity index (χ1n) is 7.54. The van der Waals surface area contributed by atoms with Gasteiger partial charge in [-0.15, -0.1) is 0 Å². The van der Waals surface area contributed by atoms with Crippen molar-refractivity contribution in [3.8, 4) is 5.75 Å². The van der Waals surface area contributed by atoms with E-state index in [-0.39, 0.29) is 5.79 Å². The average molecular weight is 293 g/mol. The zero-order valence-corrected chi connectivity index (χ0v) is 12.5. The standard InChI is InChI=1S/C16H23NO4/c1-19-15-5-3-2-4-13(15)14(18)12-17-8-6-16(7-9-17)20-10-11-21-16/h2-5,14,18H,6-12H2,1H3. The Hall–Kier alpha value is -1.14. The summed E-state index contributed by atoms with van der Waals surface area (Å²) in [6.45, 7) is 3.77. The van der Waals surface area contributed by atoms with Gasteiger partial charge in [0.2, 0.25) is 0 Å². The maximum Gasteiger partial charge on any atom is 0.170 e. The van der Waals surface area contributed by atoms with Gasteiger partial charge in [0, 0.05) is 38.0 Å². The fraction of sp³-hybridized carbons (Fsp3) is 0.625. The first-order chi connectivity index (χ1) is 10.2. The van der Waals surface area contributed by atoms with E-state index in [9.17, 15) is 5.11 Å². The van der Waals surface area contributed by atoms with Gasteiger partial charge in [-0.25, -0.2) is 0 Å². The molecule has 0 saturated carbocycles. The highest BCUT2D eigenvalue weighted by Gasteiger charge is 2.40. The molecular weight excluding hydrogens is 270 g/mol. The van der Waals surface area contributed by atoms with E-state index in [1.807, 2.05) is 24.3 Å². The molecule has 21 heavy (non-hydrogen) atoms. The molecule has 0 radical (unpaired) electrons. The number of piperidine rings is 1. The summed E-state index contributed by atoms with van der Waals surface area (Å²) in [5, 5.41) is 10.5. The number of methoxy groups -OCH3 is 1. The molecule has 2 heterocycles. The molecule has 1 N–H and O–H groups in total. The first kappa shape index (κ1) is 14.8. The van der Waals surface area contributed by atoms with Gasteiger partial charge in [0.05, 0.1) is 26.4 Å². The van der Waals surface area contributed by atoms with Crippen molar-refractivity contribution in [3.05, 3.63) is 29.8 Å². The van der Waals surface area contributed by atoms with Gasteiger partial charge in [-0.3, -0.25) is 0 Å². The lowest BCUT2D eigenvalue weighted by Crippen LogP contribution is -2.46. The van der Waals surface area contributed by atoms with Gasteiger partial charge < -0.3 is 24.2 Å². The van der Waals surface area contributed by atoms with Crippen LogP contribution in [0.4, 0.5) is 0 Å². The first-order valence-corrected chi connectivity index (χ1v) is 7.54. The number of likely N-dealkylation sites (tertiary alicyclic amines) is 1. The predicted octanol–water partition coefficient (Wildman–Crippen LogP) is 1.57. The number of aliphatic hydroxyl groups excluding tert-OH is 1. The number of ether oxygens (including phenoxy) is 3. The SMILES string of the molecule is COc1ccccc1C(O)CN1CCC2(CC1)OCCO2. The van der Waals surface area contributed by atoms with Crippen molar-refractivity contribution in [1.82, 2.24) is 4.90 Å². The summed E-state index contributed by atoms with van der Waals surface area (Å²) in [6, 6.07) is 7.63. The van der Waals surface area contributed by atoms with Crippen LogP contribution in [0.2, 0.25) is 0 Å². The second-order valence-electron chi connectivity index (χ2n) is 5.67. The number of hydrogen-bond donors (Lipinski definition) is 1. The monoisotopic (exact) mass is 293 g/mol. The van der Waals surface area contributed by atoms with Crippen LogP contribution in [0.5, 0.6) is 5.75 Å². The molecule has 2 saturated heterocycles. The fourth-order valence-electron chi connectivity index (χ4n) is 3.15. The Kier molecular flexibility index (Phi) is 4.45. The lowest BCUT2D eigenvalue weighted by Gasteiger charge is -2.38. The molecule has 0 amide bonds. The molecule has 2 aliphatic heterocycles. The largest absolute Gasteiger partial charge is 0.496 e. The third kappa shape index (κ3) is 3.21. The summed E-state index contributed by atoms with van der Waals surface area (Å²) >= 11 is 0. The number of aliphatic hydroxyl groups is 1. The van der Waals surface area contributed by atoms with Crippen molar-refractivity contribution in [2.24, 2.45) is 0 Å². The minimum absolute atomic E-state index is 0.355. The molecule has 1 unspecified atom stereocenters. The number of nitrogens with zero attached hydrogens (tertiary/aromatic N) is 1. The van der Waals surface area contributed by atoms with E-state index in [1.54, 1.807) is 7.11 Å². The molecule has 2 fully saturated rings. The van der Waals surface area contributed by atoms with Crippen molar-refractivity contribution in [2.45, 2.75) is 24.7 Å². The maximum absolute atomic E-state index is 10.5. The third-order valence-electron chi connectivity index (χ3n) is 4.36. The van der Waals surface area contributed by atoms with Gasteiger partial charge in [0.1, 0.15) is 5.75 Å². The van der Waals surface area contributed by atoms with Gasteiger partial charge >= 0.3 is 0 Å². The zero-order chi connectivity index (χ0) is 14.7. The molecule has 1 spiro atoms. The van der Waals surface area contributed by atoms with Crippen molar-refractivity contribution in [1.29, 1.82) is 0 Å². The minimum atomic E-state index is -0.541. The predicted molar refractivity (Wildman–Crippen MR) is 78.3 cm³/mol. The molecule has 116 valence electrons. The Morgan fingerprint density at radius 2 is 1.90 bits per heavy atom. The summed E-state index contributed by atoms with van der Waals surface area (Å²) in [4.78, 5) is 2.26. The highest BCUT2D eigenvalue weighted by atomic mass is 16.7. The second kappa shape index (κ2) is 6.32. The van der Waals surface area contributed by atoms with E-state index in [0.29, 0.717) is 19.8 Å². The van der Waals surface area contributed by atoms with E-state index in [2.05, 4.69) is 4.90 Å². The van der Waals surface area contributed by atoms with Crippen LogP contribution >= 0.6 is 0 Å². The highest BCUT2D eigenvalue weighted by molar-refractivity contribution is 5.35. The summed E-state index contributed by atoms with van der Waals surface area (Å²) in [6.07, 6.45) is 1.19. The van der Waals surface area contributed by atoms with Gasteiger partial charge in [-0.05, 0) is 6.07 Å². The Morgan fingerprint density at radius 1 is 1.24 bits per heavy atom. The van der Waals surface area contributed by atoms with Crippen molar-refractivity contribution in [3.63, 3.8) is 0 Å². The molecular formula is C16H23NO4. The molecule has 3 rings (SSSR count). The fourth-order valence-corrected chi connectivity index (χ4v) is 3.15. The third-order valence-corrected chi connectivity index (χ3v) is 4.36. The molecule has 5 nitrogen and oxygen atoms in total. The quantitative estimate of drug-likeness (QED) is 0.913. The Bertz CT molecular complexity index is 463. The number of rotatable bonds is 4. The van der Waals surface area contributed by atoms with Gasteiger partial charge in [-0.2, -0.15) is 0 Å². The van der Waals surface area contributed by atoms with Crippen LogP contribution in [0.1, 0.15) is 24.5 Å². The van der Waals surface area contributed by atoms with Crippen molar-refractivity contribution in [2.75, 3.05) is 40.0 Å². The minimum Gasteiger partial charge on any atom is -0.496 e. The molecule has 0 aliphatic carbocycles. The van der Waals surface area contributed by atoms with Crippen LogP contribution < -0.4 is 4.74 Å². The van der Waals surface area contributed by atoms with Crippen LogP contribution in [0.25, 0.3) is 0 Å². The van der Waals surface area contributed by atoms with Crippen molar-refractivity contribution >= 4 is 0 Å². The number of benzene rings is 1. The lowest BCUT2D eigenvalue weighted by molar-refractivity contribution is -0.186. The molecule has 1 aromatic rings. The van der Waals surface area contributed by atoms with Gasteiger partial charge in [0.25, 0.3) is 0 Å². The smallest absolute Gasteiger partial charge is 0.170 e. The molecule has 5 heteroatoms. The topological polar surface area (TPSA) is 51.2 Å². The van der Waals surface area contributed by atoms with E-state index >= 15 is 0 Å². The highest BCUT2D eigenvalue weighted by Crippen LogP contribution is 2.32. The van der Waals surface area contributed by atoms with Crippen LogP contribution in [-0.4, -0.2) is 55.8 Å². The van der Waals surface area contributed by atoms with Crippen LogP contribution in [0, 0.1) is 0 Å². The Labute approximate surface area is 125 Å². The van der Waals surface area contributed by atoms with E-state index in [0.717, 1.165) is 37.2 Å². The number of para-hydroxylation sites is 1. The average Bonchev–Trinajstić information content (AvgIpc) is 2.98. The molecule has 1 aromatic carbocycles.